The van der Waals surface area contributed by atoms with E-state index in [0.29, 0.717) is 42.9 Å². The fourth-order valence-electron chi connectivity index (χ4n) is 3.47. The van der Waals surface area contributed by atoms with Gasteiger partial charge in [0.25, 0.3) is 5.91 Å². The Labute approximate surface area is 174 Å². The van der Waals surface area contributed by atoms with Gasteiger partial charge >= 0.3 is 0 Å². The van der Waals surface area contributed by atoms with Crippen LogP contribution in [-0.2, 0) is 11.2 Å². The number of amides is 2. The van der Waals surface area contributed by atoms with E-state index < -0.39 is 0 Å². The van der Waals surface area contributed by atoms with E-state index in [1.807, 2.05) is 45.7 Å². The molecule has 2 amide bonds. The first-order valence-corrected chi connectivity index (χ1v) is 11.1. The van der Waals surface area contributed by atoms with Gasteiger partial charge in [0, 0.05) is 31.7 Å². The molecule has 154 valence electrons. The Hall–Kier alpha value is -2.42. The average molecular weight is 415 g/mol. The summed E-state index contributed by atoms with van der Waals surface area (Å²) in [5.41, 5.74) is 1.92. The third-order valence-electron chi connectivity index (χ3n) is 5.47. The van der Waals surface area contributed by atoms with Crippen LogP contribution in [-0.4, -0.2) is 73.3 Å². The van der Waals surface area contributed by atoms with Crippen molar-refractivity contribution in [2.24, 2.45) is 0 Å². The lowest BCUT2D eigenvalue weighted by Gasteiger charge is -2.35. The van der Waals surface area contributed by atoms with Crippen molar-refractivity contribution >= 4 is 23.6 Å². The molecule has 4 rings (SSSR count). The Bertz CT molecular complexity index is 871. The summed E-state index contributed by atoms with van der Waals surface area (Å²) in [6.45, 7) is 6.20. The molecule has 1 unspecified atom stereocenters. The summed E-state index contributed by atoms with van der Waals surface area (Å²) in [4.78, 5) is 29.3. The predicted octanol–water partition coefficient (Wildman–Crippen LogP) is 2.04. The SMILES string of the molecule is CCc1ccc(C(=O)N2CCN(C(=O)C(C)Sc3nnnn3C3CC3)CC2)cc1. The zero-order chi connectivity index (χ0) is 20.4. The molecule has 0 bridgehead atoms. The van der Waals surface area contributed by atoms with E-state index in [1.54, 1.807) is 0 Å². The summed E-state index contributed by atoms with van der Waals surface area (Å²) in [7, 11) is 0. The molecule has 1 saturated carbocycles. The molecule has 1 atom stereocenters. The minimum atomic E-state index is -0.262. The lowest BCUT2D eigenvalue weighted by molar-refractivity contribution is -0.131. The van der Waals surface area contributed by atoms with E-state index >= 15 is 0 Å². The number of benzene rings is 1. The molecule has 0 N–H and O–H groups in total. The number of hydrogen-bond acceptors (Lipinski definition) is 6. The van der Waals surface area contributed by atoms with Crippen molar-refractivity contribution in [2.75, 3.05) is 26.2 Å². The van der Waals surface area contributed by atoms with Crippen LogP contribution in [0, 0.1) is 0 Å². The van der Waals surface area contributed by atoms with Gasteiger partial charge in [-0.25, -0.2) is 4.68 Å². The largest absolute Gasteiger partial charge is 0.338 e. The number of hydrogen-bond donors (Lipinski definition) is 0. The van der Waals surface area contributed by atoms with Crippen LogP contribution in [0.5, 0.6) is 0 Å². The Morgan fingerprint density at radius 2 is 1.76 bits per heavy atom. The van der Waals surface area contributed by atoms with E-state index in [2.05, 4.69) is 22.4 Å². The lowest BCUT2D eigenvalue weighted by Crippen LogP contribution is -2.52. The molecule has 2 aliphatic rings. The number of piperazine rings is 1. The number of carbonyl (C=O) groups excluding carboxylic acids is 2. The van der Waals surface area contributed by atoms with Crippen molar-refractivity contribution in [1.82, 2.24) is 30.0 Å². The highest BCUT2D eigenvalue weighted by Gasteiger charge is 2.32. The van der Waals surface area contributed by atoms with Crippen molar-refractivity contribution in [2.45, 2.75) is 49.6 Å². The van der Waals surface area contributed by atoms with Gasteiger partial charge in [-0.05, 0) is 54.3 Å². The van der Waals surface area contributed by atoms with Crippen molar-refractivity contribution < 1.29 is 9.59 Å². The van der Waals surface area contributed by atoms with Gasteiger partial charge in [0.1, 0.15) is 0 Å². The zero-order valence-corrected chi connectivity index (χ0v) is 17.6. The first-order chi connectivity index (χ1) is 14.1. The van der Waals surface area contributed by atoms with Crippen LogP contribution < -0.4 is 0 Å². The number of thioether (sulfide) groups is 1. The van der Waals surface area contributed by atoms with Crippen molar-refractivity contribution in [3.05, 3.63) is 35.4 Å². The molecule has 2 aromatic rings. The van der Waals surface area contributed by atoms with Crippen LogP contribution >= 0.6 is 11.8 Å². The molecular weight excluding hydrogens is 388 g/mol. The Balaban J connectivity index is 1.30. The van der Waals surface area contributed by atoms with Gasteiger partial charge in [0.15, 0.2) is 0 Å². The van der Waals surface area contributed by atoms with Gasteiger partial charge in [-0.2, -0.15) is 0 Å². The van der Waals surface area contributed by atoms with Gasteiger partial charge < -0.3 is 9.80 Å². The first-order valence-electron chi connectivity index (χ1n) is 10.2. The smallest absolute Gasteiger partial charge is 0.253 e. The fourth-order valence-corrected chi connectivity index (χ4v) is 4.42. The number of aryl methyl sites for hydroxylation is 1. The predicted molar refractivity (Wildman–Crippen MR) is 110 cm³/mol. The number of rotatable bonds is 6. The van der Waals surface area contributed by atoms with Crippen LogP contribution in [0.15, 0.2) is 29.4 Å². The topological polar surface area (TPSA) is 84.2 Å². The highest BCUT2D eigenvalue weighted by atomic mass is 32.2. The summed E-state index contributed by atoms with van der Waals surface area (Å²) in [5, 5.41) is 12.3. The van der Waals surface area contributed by atoms with Crippen LogP contribution in [0.25, 0.3) is 0 Å². The Morgan fingerprint density at radius 1 is 1.10 bits per heavy atom. The number of carbonyl (C=O) groups is 2. The minimum Gasteiger partial charge on any atom is -0.338 e. The molecule has 8 nitrogen and oxygen atoms in total. The molecular formula is C20H26N6O2S. The maximum atomic E-state index is 12.9. The second-order valence-corrected chi connectivity index (χ2v) is 8.87. The Morgan fingerprint density at radius 3 is 2.38 bits per heavy atom. The molecule has 9 heteroatoms. The van der Waals surface area contributed by atoms with E-state index in [0.717, 1.165) is 19.3 Å². The third kappa shape index (κ3) is 4.44. The second kappa shape index (κ2) is 8.52. The van der Waals surface area contributed by atoms with Crippen LogP contribution in [0.4, 0.5) is 0 Å². The van der Waals surface area contributed by atoms with Crippen molar-refractivity contribution in [1.29, 1.82) is 0 Å². The standard InChI is InChI=1S/C20H26N6O2S/c1-3-15-4-6-16(7-5-15)19(28)25-12-10-24(11-13-25)18(27)14(2)29-20-21-22-23-26(20)17-8-9-17/h4-7,14,17H,3,8-13H2,1-2H3. The van der Waals surface area contributed by atoms with E-state index in [-0.39, 0.29) is 17.1 Å². The number of nitrogens with zero attached hydrogens (tertiary/aromatic N) is 6. The van der Waals surface area contributed by atoms with Gasteiger partial charge in [-0.15, -0.1) is 5.10 Å². The lowest BCUT2D eigenvalue weighted by atomic mass is 10.1. The molecule has 1 saturated heterocycles. The maximum absolute atomic E-state index is 12.9. The monoisotopic (exact) mass is 414 g/mol. The molecule has 2 heterocycles. The third-order valence-corrected chi connectivity index (χ3v) is 6.51. The van der Waals surface area contributed by atoms with Gasteiger partial charge in [0.05, 0.1) is 11.3 Å². The van der Waals surface area contributed by atoms with E-state index in [1.165, 1.54) is 17.3 Å². The molecule has 2 fully saturated rings. The second-order valence-electron chi connectivity index (χ2n) is 7.57. The fraction of sp³-hybridized carbons (Fsp3) is 0.550. The highest BCUT2D eigenvalue weighted by molar-refractivity contribution is 8.00. The van der Waals surface area contributed by atoms with Crippen LogP contribution in [0.1, 0.15) is 48.7 Å². The summed E-state index contributed by atoms with van der Waals surface area (Å²) < 4.78 is 1.83. The summed E-state index contributed by atoms with van der Waals surface area (Å²) in [5.74, 6) is 0.102. The van der Waals surface area contributed by atoms with E-state index in [4.69, 9.17) is 0 Å². The van der Waals surface area contributed by atoms with Gasteiger partial charge in [-0.3, -0.25) is 9.59 Å². The van der Waals surface area contributed by atoms with Crippen LogP contribution in [0.3, 0.4) is 0 Å². The molecule has 29 heavy (non-hydrogen) atoms. The first kappa shape index (κ1) is 19.9. The normalized spacial score (nSPS) is 18.0. The highest BCUT2D eigenvalue weighted by Crippen LogP contribution is 2.37. The van der Waals surface area contributed by atoms with E-state index in [9.17, 15) is 9.59 Å². The number of tetrazole rings is 1. The molecule has 1 aromatic heterocycles. The molecule has 1 aliphatic carbocycles. The maximum Gasteiger partial charge on any atom is 0.253 e. The molecule has 1 aromatic carbocycles. The average Bonchev–Trinajstić information content (AvgIpc) is 3.51. The summed E-state index contributed by atoms with van der Waals surface area (Å²) >= 11 is 1.41. The number of aromatic nitrogens is 4. The molecule has 1 aliphatic heterocycles. The van der Waals surface area contributed by atoms with Crippen molar-refractivity contribution in [3.63, 3.8) is 0 Å². The minimum absolute atomic E-state index is 0.0331. The molecule has 0 radical (unpaired) electrons. The van der Waals surface area contributed by atoms with Crippen LogP contribution in [0.2, 0.25) is 0 Å². The van der Waals surface area contributed by atoms with Crippen molar-refractivity contribution in [3.8, 4) is 0 Å². The van der Waals surface area contributed by atoms with Gasteiger partial charge in [-0.1, -0.05) is 30.8 Å². The zero-order valence-electron chi connectivity index (χ0n) is 16.8. The quantitative estimate of drug-likeness (QED) is 0.673. The summed E-state index contributed by atoms with van der Waals surface area (Å²) in [6.07, 6.45) is 3.15. The Kier molecular flexibility index (Phi) is 5.84. The molecule has 0 spiro atoms. The van der Waals surface area contributed by atoms with Gasteiger partial charge in [0.2, 0.25) is 11.1 Å². The summed E-state index contributed by atoms with van der Waals surface area (Å²) in [6, 6.07) is 8.17.